The zero-order valence-electron chi connectivity index (χ0n) is 16.9. The van der Waals surface area contributed by atoms with Crippen molar-refractivity contribution in [3.05, 3.63) is 54.4 Å². The minimum Gasteiger partial charge on any atom is -0.493 e. The molecule has 0 bridgehead atoms. The topological polar surface area (TPSA) is 96.5 Å². The summed E-state index contributed by atoms with van der Waals surface area (Å²) in [6, 6.07) is 13.8. The van der Waals surface area contributed by atoms with Crippen molar-refractivity contribution in [2.24, 2.45) is 4.99 Å². The van der Waals surface area contributed by atoms with Gasteiger partial charge in [0.2, 0.25) is 0 Å². The predicted molar refractivity (Wildman–Crippen MR) is 114 cm³/mol. The molecule has 0 unspecified atom stereocenters. The number of ether oxygens (including phenoxy) is 2. The summed E-state index contributed by atoms with van der Waals surface area (Å²) in [5, 5.41) is 13.4. The standard InChI is InChI=1S/C21H26N6O2/c1-4-22-21(26-17-9-10-18(28-3)19(12-17)29-5-2)23-13-15-7-6-8-16(11-15)20-24-14-25-27-20/h6-12,14H,4-5,13H2,1-3H3,(H2,22,23,26)(H,24,25,27). The molecule has 0 fully saturated rings. The molecule has 0 spiro atoms. The molecule has 3 aromatic rings. The molecule has 0 radical (unpaired) electrons. The van der Waals surface area contributed by atoms with Crippen LogP contribution in [0.1, 0.15) is 19.4 Å². The summed E-state index contributed by atoms with van der Waals surface area (Å²) in [5.41, 5.74) is 2.91. The summed E-state index contributed by atoms with van der Waals surface area (Å²) < 4.78 is 11.0. The highest BCUT2D eigenvalue weighted by atomic mass is 16.5. The Kier molecular flexibility index (Phi) is 7.05. The van der Waals surface area contributed by atoms with Crippen LogP contribution in [0.2, 0.25) is 0 Å². The second-order valence-electron chi connectivity index (χ2n) is 6.15. The highest BCUT2D eigenvalue weighted by Crippen LogP contribution is 2.30. The average molecular weight is 394 g/mol. The molecule has 29 heavy (non-hydrogen) atoms. The molecule has 0 aliphatic rings. The average Bonchev–Trinajstić information content (AvgIpc) is 3.28. The molecule has 8 heteroatoms. The lowest BCUT2D eigenvalue weighted by Crippen LogP contribution is -2.30. The third-order valence-corrected chi connectivity index (χ3v) is 4.11. The first-order chi connectivity index (χ1) is 14.2. The number of aromatic amines is 1. The van der Waals surface area contributed by atoms with Crippen molar-refractivity contribution in [1.82, 2.24) is 20.5 Å². The molecule has 0 aliphatic carbocycles. The number of benzene rings is 2. The van der Waals surface area contributed by atoms with Crippen LogP contribution in [-0.4, -0.2) is 41.4 Å². The number of aromatic nitrogens is 3. The van der Waals surface area contributed by atoms with Gasteiger partial charge in [-0.3, -0.25) is 5.10 Å². The maximum Gasteiger partial charge on any atom is 0.196 e. The lowest BCUT2D eigenvalue weighted by molar-refractivity contribution is 0.311. The fraction of sp³-hybridized carbons (Fsp3) is 0.286. The second kappa shape index (κ2) is 10.1. The Balaban J connectivity index is 1.75. The number of aliphatic imine (C=N–C) groups is 1. The van der Waals surface area contributed by atoms with Crippen molar-refractivity contribution in [2.45, 2.75) is 20.4 Å². The van der Waals surface area contributed by atoms with Crippen LogP contribution in [0.4, 0.5) is 5.69 Å². The van der Waals surface area contributed by atoms with E-state index in [4.69, 9.17) is 14.5 Å². The van der Waals surface area contributed by atoms with E-state index in [0.717, 1.165) is 29.2 Å². The Morgan fingerprint density at radius 1 is 1.14 bits per heavy atom. The summed E-state index contributed by atoms with van der Waals surface area (Å²) in [7, 11) is 1.63. The lowest BCUT2D eigenvalue weighted by Gasteiger charge is -2.14. The number of guanidine groups is 1. The first-order valence-corrected chi connectivity index (χ1v) is 9.54. The van der Waals surface area contributed by atoms with Crippen molar-refractivity contribution in [1.29, 1.82) is 0 Å². The van der Waals surface area contributed by atoms with Gasteiger partial charge < -0.3 is 20.1 Å². The maximum atomic E-state index is 5.65. The van der Waals surface area contributed by atoms with Crippen molar-refractivity contribution >= 4 is 11.6 Å². The van der Waals surface area contributed by atoms with Crippen LogP contribution >= 0.6 is 0 Å². The summed E-state index contributed by atoms with van der Waals surface area (Å²) in [5.74, 6) is 2.81. The summed E-state index contributed by atoms with van der Waals surface area (Å²) in [6.45, 7) is 5.80. The number of nitrogens with zero attached hydrogens (tertiary/aromatic N) is 3. The fourth-order valence-electron chi connectivity index (χ4n) is 2.80. The van der Waals surface area contributed by atoms with Crippen LogP contribution in [0.5, 0.6) is 11.5 Å². The van der Waals surface area contributed by atoms with Gasteiger partial charge in [0.1, 0.15) is 6.33 Å². The molecule has 0 amide bonds. The zero-order valence-corrected chi connectivity index (χ0v) is 16.9. The van der Waals surface area contributed by atoms with Gasteiger partial charge in [-0.15, -0.1) is 0 Å². The number of H-pyrrole nitrogens is 1. The third kappa shape index (κ3) is 5.47. The van der Waals surface area contributed by atoms with E-state index in [1.54, 1.807) is 7.11 Å². The summed E-state index contributed by atoms with van der Waals surface area (Å²) in [6.07, 6.45) is 1.50. The summed E-state index contributed by atoms with van der Waals surface area (Å²) >= 11 is 0. The third-order valence-electron chi connectivity index (χ3n) is 4.11. The molecule has 3 rings (SSSR count). The number of nitrogens with one attached hydrogen (secondary N) is 3. The number of methoxy groups -OCH3 is 1. The van der Waals surface area contributed by atoms with E-state index in [9.17, 15) is 0 Å². The van der Waals surface area contributed by atoms with Gasteiger partial charge in [-0.25, -0.2) is 9.98 Å². The van der Waals surface area contributed by atoms with Crippen molar-refractivity contribution < 1.29 is 9.47 Å². The molecule has 8 nitrogen and oxygen atoms in total. The van der Waals surface area contributed by atoms with Crippen LogP contribution < -0.4 is 20.1 Å². The summed E-state index contributed by atoms with van der Waals surface area (Å²) in [4.78, 5) is 8.89. The van der Waals surface area contributed by atoms with Gasteiger partial charge in [0, 0.05) is 23.9 Å². The second-order valence-corrected chi connectivity index (χ2v) is 6.15. The van der Waals surface area contributed by atoms with E-state index in [0.29, 0.717) is 30.6 Å². The number of hydrogen-bond donors (Lipinski definition) is 3. The maximum absolute atomic E-state index is 5.65. The molecule has 0 aliphatic heterocycles. The monoisotopic (exact) mass is 394 g/mol. The first kappa shape index (κ1) is 20.2. The normalized spacial score (nSPS) is 11.2. The van der Waals surface area contributed by atoms with Crippen LogP contribution in [0.15, 0.2) is 53.8 Å². The fourth-order valence-corrected chi connectivity index (χ4v) is 2.80. The van der Waals surface area contributed by atoms with Crippen LogP contribution in [0, 0.1) is 0 Å². The Labute approximate surface area is 170 Å². The van der Waals surface area contributed by atoms with E-state index < -0.39 is 0 Å². The molecular formula is C21H26N6O2. The van der Waals surface area contributed by atoms with Gasteiger partial charge in [-0.05, 0) is 37.6 Å². The molecule has 0 atom stereocenters. The van der Waals surface area contributed by atoms with E-state index in [1.165, 1.54) is 6.33 Å². The highest BCUT2D eigenvalue weighted by molar-refractivity contribution is 5.93. The number of hydrogen-bond acceptors (Lipinski definition) is 5. The molecule has 0 saturated heterocycles. The Bertz CT molecular complexity index is 940. The minimum absolute atomic E-state index is 0.520. The van der Waals surface area contributed by atoms with Gasteiger partial charge in [-0.1, -0.05) is 18.2 Å². The van der Waals surface area contributed by atoms with Crippen LogP contribution in [-0.2, 0) is 6.54 Å². The largest absolute Gasteiger partial charge is 0.493 e. The molecule has 0 saturated carbocycles. The minimum atomic E-state index is 0.520. The van der Waals surface area contributed by atoms with Gasteiger partial charge in [0.05, 0.1) is 20.3 Å². The smallest absolute Gasteiger partial charge is 0.196 e. The predicted octanol–water partition coefficient (Wildman–Crippen LogP) is 3.46. The molecule has 3 N–H and O–H groups in total. The molecular weight excluding hydrogens is 368 g/mol. The van der Waals surface area contributed by atoms with E-state index in [-0.39, 0.29) is 0 Å². The number of rotatable bonds is 8. The van der Waals surface area contributed by atoms with Gasteiger partial charge >= 0.3 is 0 Å². The van der Waals surface area contributed by atoms with E-state index in [2.05, 4.69) is 25.8 Å². The van der Waals surface area contributed by atoms with Gasteiger partial charge in [-0.2, -0.15) is 5.10 Å². The highest BCUT2D eigenvalue weighted by Gasteiger charge is 2.07. The van der Waals surface area contributed by atoms with E-state index in [1.807, 2.05) is 56.3 Å². The number of anilines is 1. The van der Waals surface area contributed by atoms with Gasteiger partial charge in [0.25, 0.3) is 0 Å². The quantitative estimate of drug-likeness (QED) is 0.400. The van der Waals surface area contributed by atoms with Crippen molar-refractivity contribution in [2.75, 3.05) is 25.6 Å². The van der Waals surface area contributed by atoms with Gasteiger partial charge in [0.15, 0.2) is 23.3 Å². The molecule has 2 aromatic carbocycles. The molecule has 1 heterocycles. The molecule has 1 aromatic heterocycles. The first-order valence-electron chi connectivity index (χ1n) is 9.54. The van der Waals surface area contributed by atoms with Crippen LogP contribution in [0.3, 0.4) is 0 Å². The van der Waals surface area contributed by atoms with Crippen molar-refractivity contribution in [3.8, 4) is 22.9 Å². The Hall–Kier alpha value is -3.55. The lowest BCUT2D eigenvalue weighted by atomic mass is 10.1. The SMILES string of the molecule is CCNC(=NCc1cccc(-c2ncn[nH]2)c1)Nc1ccc(OC)c(OCC)c1. The van der Waals surface area contributed by atoms with Crippen molar-refractivity contribution in [3.63, 3.8) is 0 Å². The van der Waals surface area contributed by atoms with Crippen LogP contribution in [0.25, 0.3) is 11.4 Å². The Morgan fingerprint density at radius 2 is 2.03 bits per heavy atom. The van der Waals surface area contributed by atoms with E-state index >= 15 is 0 Å². The molecule has 152 valence electrons. The Morgan fingerprint density at radius 3 is 2.76 bits per heavy atom. The zero-order chi connectivity index (χ0) is 20.5.